The summed E-state index contributed by atoms with van der Waals surface area (Å²) in [7, 11) is -3.78. The lowest BCUT2D eigenvalue weighted by molar-refractivity contribution is -0.139. The fourth-order valence-corrected chi connectivity index (χ4v) is 4.16. The fraction of sp³-hybridized carbons (Fsp3) is 0.391. The van der Waals surface area contributed by atoms with Crippen molar-refractivity contribution in [2.75, 3.05) is 23.7 Å². The molecular formula is C23H30ClN3O4S. The number of aryl methyl sites for hydroxylation is 2. The summed E-state index contributed by atoms with van der Waals surface area (Å²) in [5, 5.41) is 3.12. The number of hydrogen-bond donors (Lipinski definition) is 1. The summed E-state index contributed by atoms with van der Waals surface area (Å²) in [6.45, 7) is 7.33. The highest BCUT2D eigenvalue weighted by Crippen LogP contribution is 2.25. The molecule has 9 heteroatoms. The van der Waals surface area contributed by atoms with Gasteiger partial charge in [-0.15, -0.1) is 0 Å². The minimum absolute atomic E-state index is 0.170. The lowest BCUT2D eigenvalue weighted by Gasteiger charge is -2.31. The molecule has 0 saturated heterocycles. The van der Waals surface area contributed by atoms with Gasteiger partial charge in [0.2, 0.25) is 21.8 Å². The van der Waals surface area contributed by atoms with Crippen molar-refractivity contribution in [3.05, 3.63) is 64.2 Å². The van der Waals surface area contributed by atoms with Gasteiger partial charge < -0.3 is 10.2 Å². The SMILES string of the molecule is CCNC(=O)C(C)N(Cc1ccc(C)cc1)C(=O)CN(c1ccc(C)c(Cl)c1)S(C)(=O)=O. The largest absolute Gasteiger partial charge is 0.355 e. The third-order valence-electron chi connectivity index (χ3n) is 5.11. The minimum Gasteiger partial charge on any atom is -0.355 e. The zero-order chi connectivity index (χ0) is 24.1. The Kier molecular flexibility index (Phi) is 8.69. The number of likely N-dealkylation sites (N-methyl/N-ethyl adjacent to an activating group) is 1. The monoisotopic (exact) mass is 479 g/mol. The molecular weight excluding hydrogens is 450 g/mol. The first-order valence-corrected chi connectivity index (χ1v) is 12.5. The van der Waals surface area contributed by atoms with Crippen LogP contribution in [0.25, 0.3) is 0 Å². The zero-order valence-electron chi connectivity index (χ0n) is 19.1. The number of carbonyl (C=O) groups is 2. The van der Waals surface area contributed by atoms with Crippen LogP contribution in [-0.2, 0) is 26.2 Å². The van der Waals surface area contributed by atoms with E-state index in [1.54, 1.807) is 32.9 Å². The number of nitrogens with zero attached hydrogens (tertiary/aromatic N) is 2. The molecule has 7 nitrogen and oxygen atoms in total. The van der Waals surface area contributed by atoms with Gasteiger partial charge >= 0.3 is 0 Å². The van der Waals surface area contributed by atoms with Crippen molar-refractivity contribution >= 4 is 39.1 Å². The van der Waals surface area contributed by atoms with Gasteiger partial charge in [-0.05, 0) is 51.0 Å². The number of hydrogen-bond acceptors (Lipinski definition) is 4. The fourth-order valence-electron chi connectivity index (χ4n) is 3.15. The Bertz CT molecular complexity index is 1070. The first-order valence-electron chi connectivity index (χ1n) is 10.3. The van der Waals surface area contributed by atoms with Crippen LogP contribution in [0.5, 0.6) is 0 Å². The number of anilines is 1. The first-order chi connectivity index (χ1) is 14.9. The molecule has 2 aromatic carbocycles. The molecule has 1 atom stereocenters. The van der Waals surface area contributed by atoms with Crippen LogP contribution >= 0.6 is 11.6 Å². The molecule has 32 heavy (non-hydrogen) atoms. The predicted molar refractivity (Wildman–Crippen MR) is 128 cm³/mol. The van der Waals surface area contributed by atoms with Crippen LogP contribution in [0.15, 0.2) is 42.5 Å². The van der Waals surface area contributed by atoms with E-state index in [9.17, 15) is 18.0 Å². The van der Waals surface area contributed by atoms with Crippen molar-refractivity contribution < 1.29 is 18.0 Å². The van der Waals surface area contributed by atoms with Crippen LogP contribution in [0, 0.1) is 13.8 Å². The molecule has 0 heterocycles. The first kappa shape index (κ1) is 25.7. The maximum Gasteiger partial charge on any atom is 0.244 e. The second kappa shape index (κ2) is 10.8. The van der Waals surface area contributed by atoms with Gasteiger partial charge in [0.15, 0.2) is 0 Å². The van der Waals surface area contributed by atoms with Crippen molar-refractivity contribution in [3.8, 4) is 0 Å². The topological polar surface area (TPSA) is 86.8 Å². The molecule has 0 saturated carbocycles. The van der Waals surface area contributed by atoms with E-state index >= 15 is 0 Å². The average molecular weight is 480 g/mol. The number of amides is 2. The Morgan fingerprint density at radius 1 is 1.09 bits per heavy atom. The van der Waals surface area contributed by atoms with E-state index in [0.29, 0.717) is 11.6 Å². The molecule has 0 fully saturated rings. The lowest BCUT2D eigenvalue weighted by Crippen LogP contribution is -2.51. The molecule has 0 aromatic heterocycles. The Hall–Kier alpha value is -2.58. The minimum atomic E-state index is -3.78. The number of nitrogens with one attached hydrogen (secondary N) is 1. The van der Waals surface area contributed by atoms with Gasteiger partial charge in [0.25, 0.3) is 0 Å². The molecule has 2 rings (SSSR count). The highest BCUT2D eigenvalue weighted by Gasteiger charge is 2.30. The van der Waals surface area contributed by atoms with Crippen LogP contribution in [0.3, 0.4) is 0 Å². The van der Waals surface area contributed by atoms with Gasteiger partial charge in [-0.3, -0.25) is 13.9 Å². The van der Waals surface area contributed by atoms with Crippen LogP contribution in [0.4, 0.5) is 5.69 Å². The van der Waals surface area contributed by atoms with Gasteiger partial charge in [-0.2, -0.15) is 0 Å². The summed E-state index contributed by atoms with van der Waals surface area (Å²) in [5.41, 5.74) is 2.99. The second-order valence-electron chi connectivity index (χ2n) is 7.78. The molecule has 2 aromatic rings. The molecule has 0 bridgehead atoms. The molecule has 0 radical (unpaired) electrons. The second-order valence-corrected chi connectivity index (χ2v) is 10.1. The Balaban J connectivity index is 2.39. The number of benzene rings is 2. The van der Waals surface area contributed by atoms with Gasteiger partial charge in [0, 0.05) is 18.1 Å². The molecule has 0 aliphatic carbocycles. The van der Waals surface area contributed by atoms with Gasteiger partial charge in [-0.1, -0.05) is 47.5 Å². The number of halogens is 1. The summed E-state index contributed by atoms with van der Waals surface area (Å²) in [4.78, 5) is 27.3. The summed E-state index contributed by atoms with van der Waals surface area (Å²) < 4.78 is 26.0. The Labute approximate surface area is 195 Å². The van der Waals surface area contributed by atoms with Crippen LogP contribution in [0.2, 0.25) is 5.02 Å². The average Bonchev–Trinajstić information content (AvgIpc) is 2.72. The van der Waals surface area contributed by atoms with Crippen molar-refractivity contribution in [2.24, 2.45) is 0 Å². The highest BCUT2D eigenvalue weighted by molar-refractivity contribution is 7.92. The van der Waals surface area contributed by atoms with Gasteiger partial charge in [0.1, 0.15) is 12.6 Å². The summed E-state index contributed by atoms with van der Waals surface area (Å²) in [6.07, 6.45) is 1.03. The summed E-state index contributed by atoms with van der Waals surface area (Å²) in [5.74, 6) is -0.802. The normalized spacial score (nSPS) is 12.2. The van der Waals surface area contributed by atoms with Crippen molar-refractivity contribution in [1.82, 2.24) is 10.2 Å². The van der Waals surface area contributed by atoms with E-state index in [2.05, 4.69) is 5.32 Å². The van der Waals surface area contributed by atoms with Gasteiger partial charge in [0.05, 0.1) is 11.9 Å². The predicted octanol–water partition coefficient (Wildman–Crippen LogP) is 3.28. The molecule has 2 amide bonds. The van der Waals surface area contributed by atoms with Crippen molar-refractivity contribution in [1.29, 1.82) is 0 Å². The smallest absolute Gasteiger partial charge is 0.244 e. The molecule has 0 aliphatic heterocycles. The molecule has 1 unspecified atom stereocenters. The van der Waals surface area contributed by atoms with E-state index in [1.165, 1.54) is 11.0 Å². The van der Waals surface area contributed by atoms with E-state index in [0.717, 1.165) is 27.3 Å². The van der Waals surface area contributed by atoms with E-state index in [4.69, 9.17) is 11.6 Å². The van der Waals surface area contributed by atoms with E-state index < -0.39 is 28.5 Å². The number of rotatable bonds is 9. The standard InChI is InChI=1S/C23H30ClN3O4S/c1-6-25-23(29)18(4)26(14-19-10-7-16(2)8-11-19)22(28)15-27(32(5,30)31)20-12-9-17(3)21(24)13-20/h7-13,18H,6,14-15H2,1-5H3,(H,25,29). The molecule has 1 N–H and O–H groups in total. The maximum atomic E-state index is 13.4. The molecule has 174 valence electrons. The number of sulfonamides is 1. The van der Waals surface area contributed by atoms with E-state index in [-0.39, 0.29) is 18.1 Å². The Morgan fingerprint density at radius 2 is 1.72 bits per heavy atom. The molecule has 0 aliphatic rings. The van der Waals surface area contributed by atoms with Crippen molar-refractivity contribution in [3.63, 3.8) is 0 Å². The number of carbonyl (C=O) groups excluding carboxylic acids is 2. The lowest BCUT2D eigenvalue weighted by atomic mass is 10.1. The van der Waals surface area contributed by atoms with Crippen LogP contribution in [-0.4, -0.2) is 50.5 Å². The molecule has 0 spiro atoms. The summed E-state index contributed by atoms with van der Waals surface area (Å²) >= 11 is 6.18. The third-order valence-corrected chi connectivity index (χ3v) is 6.66. The highest BCUT2D eigenvalue weighted by atomic mass is 35.5. The van der Waals surface area contributed by atoms with Gasteiger partial charge in [-0.25, -0.2) is 8.42 Å². The maximum absolute atomic E-state index is 13.4. The van der Waals surface area contributed by atoms with Crippen LogP contribution < -0.4 is 9.62 Å². The third kappa shape index (κ3) is 6.71. The van der Waals surface area contributed by atoms with Crippen molar-refractivity contribution in [2.45, 2.75) is 40.3 Å². The van der Waals surface area contributed by atoms with E-state index in [1.807, 2.05) is 31.2 Å². The Morgan fingerprint density at radius 3 is 2.25 bits per heavy atom. The van der Waals surface area contributed by atoms with Crippen LogP contribution in [0.1, 0.15) is 30.5 Å². The quantitative estimate of drug-likeness (QED) is 0.598. The summed E-state index contributed by atoms with van der Waals surface area (Å²) in [6, 6.07) is 11.6. The zero-order valence-corrected chi connectivity index (χ0v) is 20.6.